The van der Waals surface area contributed by atoms with E-state index >= 15 is 0 Å². The average molecular weight is 237 g/mol. The van der Waals surface area contributed by atoms with Gasteiger partial charge in [-0.25, -0.2) is 4.98 Å². The second-order valence-corrected chi connectivity index (χ2v) is 4.99. The largest absolute Gasteiger partial charge is 0.394 e. The van der Waals surface area contributed by atoms with Crippen LogP contribution in [0.5, 0.6) is 0 Å². The molecule has 2 aromatic heterocycles. The van der Waals surface area contributed by atoms with Crippen LogP contribution in [-0.2, 0) is 13.6 Å². The number of thiazole rings is 1. The Morgan fingerprint density at radius 2 is 2.25 bits per heavy atom. The molecular weight excluding hydrogens is 222 g/mol. The third-order valence-electron chi connectivity index (χ3n) is 2.37. The van der Waals surface area contributed by atoms with Crippen LogP contribution in [0.3, 0.4) is 0 Å². The Bertz CT molecular complexity index is 499. The van der Waals surface area contributed by atoms with E-state index in [1.807, 2.05) is 27.1 Å². The van der Waals surface area contributed by atoms with Gasteiger partial charge in [-0.3, -0.25) is 4.68 Å². The second-order valence-electron chi connectivity index (χ2n) is 3.67. The van der Waals surface area contributed by atoms with Gasteiger partial charge in [0, 0.05) is 18.1 Å². The SMILES string of the molecule is Cc1ncc(CNc2c(N)c(C)nn2C)s1. The molecule has 0 aliphatic heterocycles. The zero-order valence-corrected chi connectivity index (χ0v) is 10.4. The molecule has 5 nitrogen and oxygen atoms in total. The first-order valence-corrected chi connectivity index (χ1v) is 5.84. The molecule has 0 fully saturated rings. The number of rotatable bonds is 3. The van der Waals surface area contributed by atoms with Crippen molar-refractivity contribution in [3.8, 4) is 0 Å². The van der Waals surface area contributed by atoms with Gasteiger partial charge in [-0.15, -0.1) is 11.3 Å². The highest BCUT2D eigenvalue weighted by Crippen LogP contribution is 2.22. The first-order chi connectivity index (χ1) is 7.58. The van der Waals surface area contributed by atoms with Crippen LogP contribution < -0.4 is 11.1 Å². The molecule has 0 aliphatic rings. The molecule has 16 heavy (non-hydrogen) atoms. The van der Waals surface area contributed by atoms with E-state index in [9.17, 15) is 0 Å². The molecule has 0 saturated carbocycles. The Balaban J connectivity index is 2.10. The summed E-state index contributed by atoms with van der Waals surface area (Å²) in [6, 6.07) is 0. The molecule has 3 N–H and O–H groups in total. The molecule has 0 unspecified atom stereocenters. The van der Waals surface area contributed by atoms with E-state index in [4.69, 9.17) is 5.73 Å². The Morgan fingerprint density at radius 3 is 2.75 bits per heavy atom. The molecule has 86 valence electrons. The number of nitrogens with zero attached hydrogens (tertiary/aromatic N) is 3. The maximum absolute atomic E-state index is 5.91. The van der Waals surface area contributed by atoms with E-state index in [-0.39, 0.29) is 0 Å². The van der Waals surface area contributed by atoms with E-state index in [2.05, 4.69) is 15.4 Å². The first-order valence-electron chi connectivity index (χ1n) is 5.02. The zero-order valence-electron chi connectivity index (χ0n) is 9.61. The Morgan fingerprint density at radius 1 is 1.50 bits per heavy atom. The van der Waals surface area contributed by atoms with Crippen LogP contribution >= 0.6 is 11.3 Å². The van der Waals surface area contributed by atoms with Gasteiger partial charge >= 0.3 is 0 Å². The third-order valence-corrected chi connectivity index (χ3v) is 3.28. The van der Waals surface area contributed by atoms with E-state index in [0.717, 1.165) is 23.1 Å². The number of anilines is 2. The molecular formula is C10H15N5S. The highest BCUT2D eigenvalue weighted by molar-refractivity contribution is 7.11. The van der Waals surface area contributed by atoms with Gasteiger partial charge in [0.05, 0.1) is 22.9 Å². The summed E-state index contributed by atoms with van der Waals surface area (Å²) >= 11 is 1.68. The van der Waals surface area contributed by atoms with Crippen molar-refractivity contribution in [1.82, 2.24) is 14.8 Å². The Labute approximate surface area is 98.3 Å². The lowest BCUT2D eigenvalue weighted by atomic mass is 10.4. The van der Waals surface area contributed by atoms with Crippen molar-refractivity contribution in [3.05, 3.63) is 21.8 Å². The number of aromatic nitrogens is 3. The van der Waals surface area contributed by atoms with Crippen LogP contribution in [0.4, 0.5) is 11.5 Å². The summed E-state index contributed by atoms with van der Waals surface area (Å²) in [5.41, 5.74) is 7.48. The molecule has 6 heteroatoms. The summed E-state index contributed by atoms with van der Waals surface area (Å²) in [5.74, 6) is 0.864. The quantitative estimate of drug-likeness (QED) is 0.852. The predicted molar refractivity (Wildman–Crippen MR) is 66.5 cm³/mol. The van der Waals surface area contributed by atoms with Gasteiger partial charge in [0.25, 0.3) is 0 Å². The second kappa shape index (κ2) is 4.13. The van der Waals surface area contributed by atoms with Crippen molar-refractivity contribution < 1.29 is 0 Å². The lowest BCUT2D eigenvalue weighted by Gasteiger charge is -2.05. The molecule has 0 radical (unpaired) electrons. The summed E-state index contributed by atoms with van der Waals surface area (Å²) in [6.07, 6.45) is 1.88. The van der Waals surface area contributed by atoms with Gasteiger partial charge < -0.3 is 11.1 Å². The fourth-order valence-corrected chi connectivity index (χ4v) is 2.28. The molecule has 0 atom stereocenters. The molecule has 0 aromatic carbocycles. The summed E-state index contributed by atoms with van der Waals surface area (Å²) in [4.78, 5) is 5.39. The summed E-state index contributed by atoms with van der Waals surface area (Å²) < 4.78 is 1.76. The minimum Gasteiger partial charge on any atom is -0.394 e. The van der Waals surface area contributed by atoms with E-state index in [1.54, 1.807) is 16.0 Å². The predicted octanol–water partition coefficient (Wildman–Crippen LogP) is 1.69. The van der Waals surface area contributed by atoms with Crippen LogP contribution in [0.2, 0.25) is 0 Å². The number of nitrogens with two attached hydrogens (primary N) is 1. The molecule has 0 aliphatic carbocycles. The minimum atomic E-state index is 0.712. The summed E-state index contributed by atoms with van der Waals surface area (Å²) in [6.45, 7) is 4.63. The van der Waals surface area contributed by atoms with E-state index < -0.39 is 0 Å². The molecule has 0 bridgehead atoms. The first kappa shape index (κ1) is 10.9. The maximum Gasteiger partial charge on any atom is 0.148 e. The zero-order chi connectivity index (χ0) is 11.7. The van der Waals surface area contributed by atoms with Gasteiger partial charge in [0.15, 0.2) is 0 Å². The standard InChI is InChI=1S/C10H15N5S/c1-6-9(11)10(15(3)14-6)13-5-8-4-12-7(2)16-8/h4,13H,5,11H2,1-3H3. The monoisotopic (exact) mass is 237 g/mol. The third kappa shape index (κ3) is 2.01. The Hall–Kier alpha value is -1.56. The van der Waals surface area contributed by atoms with Crippen LogP contribution in [-0.4, -0.2) is 14.8 Å². The number of hydrogen-bond acceptors (Lipinski definition) is 5. The molecule has 2 rings (SSSR count). The maximum atomic E-state index is 5.91. The topological polar surface area (TPSA) is 68.8 Å². The minimum absolute atomic E-state index is 0.712. The summed E-state index contributed by atoms with van der Waals surface area (Å²) in [5, 5.41) is 8.60. The molecule has 0 spiro atoms. The van der Waals surface area contributed by atoms with Crippen molar-refractivity contribution in [2.75, 3.05) is 11.1 Å². The van der Waals surface area contributed by atoms with E-state index in [1.165, 1.54) is 4.88 Å². The van der Waals surface area contributed by atoms with E-state index in [0.29, 0.717) is 5.69 Å². The average Bonchev–Trinajstić information content (AvgIpc) is 2.72. The van der Waals surface area contributed by atoms with Crippen molar-refractivity contribution in [1.29, 1.82) is 0 Å². The van der Waals surface area contributed by atoms with Gasteiger partial charge in [-0.05, 0) is 13.8 Å². The van der Waals surface area contributed by atoms with Crippen LogP contribution in [0.15, 0.2) is 6.20 Å². The van der Waals surface area contributed by atoms with Gasteiger partial charge in [0.2, 0.25) is 0 Å². The van der Waals surface area contributed by atoms with Crippen LogP contribution in [0, 0.1) is 13.8 Å². The fraction of sp³-hybridized carbons (Fsp3) is 0.400. The lowest BCUT2D eigenvalue weighted by molar-refractivity contribution is 0.758. The summed E-state index contributed by atoms with van der Waals surface area (Å²) in [7, 11) is 1.88. The van der Waals surface area contributed by atoms with Crippen molar-refractivity contribution in [2.45, 2.75) is 20.4 Å². The Kier molecular flexibility index (Phi) is 2.82. The highest BCUT2D eigenvalue weighted by Gasteiger charge is 2.09. The lowest BCUT2D eigenvalue weighted by Crippen LogP contribution is -2.05. The van der Waals surface area contributed by atoms with Crippen molar-refractivity contribution in [3.63, 3.8) is 0 Å². The van der Waals surface area contributed by atoms with Crippen molar-refractivity contribution >= 4 is 22.8 Å². The number of nitrogen functional groups attached to an aromatic ring is 1. The molecule has 0 saturated heterocycles. The number of aryl methyl sites for hydroxylation is 3. The molecule has 2 aromatic rings. The van der Waals surface area contributed by atoms with Crippen LogP contribution in [0.25, 0.3) is 0 Å². The smallest absolute Gasteiger partial charge is 0.148 e. The van der Waals surface area contributed by atoms with Gasteiger partial charge in [-0.2, -0.15) is 5.10 Å². The fourth-order valence-electron chi connectivity index (χ4n) is 1.54. The number of hydrogen-bond donors (Lipinski definition) is 2. The van der Waals surface area contributed by atoms with Gasteiger partial charge in [-0.1, -0.05) is 0 Å². The van der Waals surface area contributed by atoms with Crippen molar-refractivity contribution in [2.24, 2.45) is 7.05 Å². The molecule has 2 heterocycles. The normalized spacial score (nSPS) is 10.7. The van der Waals surface area contributed by atoms with Crippen LogP contribution in [0.1, 0.15) is 15.6 Å². The molecule has 0 amide bonds. The highest BCUT2D eigenvalue weighted by atomic mass is 32.1. The number of nitrogens with one attached hydrogen (secondary N) is 1. The van der Waals surface area contributed by atoms with Gasteiger partial charge in [0.1, 0.15) is 5.82 Å².